The van der Waals surface area contributed by atoms with Crippen molar-refractivity contribution < 1.29 is 9.53 Å². The summed E-state index contributed by atoms with van der Waals surface area (Å²) < 4.78 is 5.58. The summed E-state index contributed by atoms with van der Waals surface area (Å²) in [6.07, 6.45) is 6.56. The maximum Gasteiger partial charge on any atom is 0.410 e. The summed E-state index contributed by atoms with van der Waals surface area (Å²) in [5, 5.41) is 3.75. The van der Waals surface area contributed by atoms with Crippen LogP contribution in [0.5, 0.6) is 0 Å². The molecule has 1 rings (SSSR count). The molecule has 0 radical (unpaired) electrons. The molecule has 0 spiro atoms. The predicted molar refractivity (Wildman–Crippen MR) is 92.2 cm³/mol. The second-order valence-corrected chi connectivity index (χ2v) is 7.55. The van der Waals surface area contributed by atoms with Gasteiger partial charge < -0.3 is 15.0 Å². The first-order chi connectivity index (χ1) is 10.3. The number of likely N-dealkylation sites (tertiary alicyclic amines) is 1. The molecular weight excluding hydrogens is 276 g/mol. The smallest absolute Gasteiger partial charge is 0.410 e. The van der Waals surface area contributed by atoms with Crippen molar-refractivity contribution in [3.05, 3.63) is 0 Å². The minimum atomic E-state index is -0.424. The third-order valence-electron chi connectivity index (χ3n) is 5.00. The summed E-state index contributed by atoms with van der Waals surface area (Å²) in [4.78, 5) is 14.4. The topological polar surface area (TPSA) is 41.6 Å². The first kappa shape index (κ1) is 19.3. The van der Waals surface area contributed by atoms with Gasteiger partial charge in [-0.2, -0.15) is 0 Å². The highest BCUT2D eigenvalue weighted by atomic mass is 16.6. The van der Waals surface area contributed by atoms with Gasteiger partial charge in [-0.1, -0.05) is 20.8 Å². The molecule has 0 aromatic carbocycles. The number of carbonyl (C=O) groups is 1. The minimum Gasteiger partial charge on any atom is -0.444 e. The molecular formula is C18H36N2O2. The molecule has 0 aromatic rings. The van der Waals surface area contributed by atoms with Crippen molar-refractivity contribution in [3.8, 4) is 0 Å². The van der Waals surface area contributed by atoms with E-state index in [1.165, 1.54) is 6.42 Å². The Kier molecular flexibility index (Phi) is 7.17. The average molecular weight is 312 g/mol. The number of carbonyl (C=O) groups excluding carboxylic acids is 1. The van der Waals surface area contributed by atoms with Crippen LogP contribution in [0.1, 0.15) is 80.1 Å². The molecule has 0 bridgehead atoms. The van der Waals surface area contributed by atoms with Crippen LogP contribution in [-0.2, 0) is 4.74 Å². The van der Waals surface area contributed by atoms with E-state index in [-0.39, 0.29) is 17.7 Å². The maximum atomic E-state index is 12.4. The highest BCUT2D eigenvalue weighted by Gasteiger charge is 2.32. The monoisotopic (exact) mass is 312 g/mol. The van der Waals surface area contributed by atoms with Crippen molar-refractivity contribution in [3.63, 3.8) is 0 Å². The Morgan fingerprint density at radius 3 is 2.23 bits per heavy atom. The van der Waals surface area contributed by atoms with Gasteiger partial charge in [-0.05, 0) is 59.3 Å². The van der Waals surface area contributed by atoms with Gasteiger partial charge in [-0.15, -0.1) is 0 Å². The van der Waals surface area contributed by atoms with E-state index in [1.807, 2.05) is 25.7 Å². The third kappa shape index (κ3) is 5.45. The zero-order valence-corrected chi connectivity index (χ0v) is 15.5. The lowest BCUT2D eigenvalue weighted by atomic mass is 9.89. The van der Waals surface area contributed by atoms with E-state index < -0.39 is 5.60 Å². The Bertz CT molecular complexity index is 337. The number of nitrogens with one attached hydrogen (secondary N) is 1. The highest BCUT2D eigenvalue weighted by Crippen LogP contribution is 2.23. The first-order valence-electron chi connectivity index (χ1n) is 9.01. The van der Waals surface area contributed by atoms with Crippen LogP contribution >= 0.6 is 0 Å². The lowest BCUT2D eigenvalue weighted by Gasteiger charge is -2.40. The fraction of sp³-hybridized carbons (Fsp3) is 0.944. The van der Waals surface area contributed by atoms with E-state index in [4.69, 9.17) is 4.74 Å². The van der Waals surface area contributed by atoms with E-state index in [0.717, 1.165) is 45.2 Å². The van der Waals surface area contributed by atoms with Crippen LogP contribution in [0.2, 0.25) is 0 Å². The molecule has 0 aromatic heterocycles. The molecule has 4 nitrogen and oxygen atoms in total. The first-order valence-corrected chi connectivity index (χ1v) is 9.01. The Morgan fingerprint density at radius 1 is 1.14 bits per heavy atom. The highest BCUT2D eigenvalue weighted by molar-refractivity contribution is 5.68. The number of hydrogen-bond donors (Lipinski definition) is 1. The van der Waals surface area contributed by atoms with E-state index in [0.29, 0.717) is 0 Å². The zero-order chi connectivity index (χ0) is 16.8. The maximum absolute atomic E-state index is 12.4. The van der Waals surface area contributed by atoms with Gasteiger partial charge in [0.1, 0.15) is 5.60 Å². The third-order valence-corrected chi connectivity index (χ3v) is 5.00. The summed E-state index contributed by atoms with van der Waals surface area (Å²) in [7, 11) is 0. The number of amides is 1. The van der Waals surface area contributed by atoms with Gasteiger partial charge in [-0.3, -0.25) is 0 Å². The minimum absolute atomic E-state index is 0.158. The number of nitrogens with zero attached hydrogens (tertiary/aromatic N) is 1. The van der Waals surface area contributed by atoms with E-state index in [1.54, 1.807) is 0 Å². The van der Waals surface area contributed by atoms with Gasteiger partial charge in [0.15, 0.2) is 0 Å². The molecule has 1 fully saturated rings. The molecule has 0 aliphatic carbocycles. The van der Waals surface area contributed by atoms with Gasteiger partial charge in [-0.25, -0.2) is 4.79 Å². The number of hydrogen-bond acceptors (Lipinski definition) is 3. The summed E-state index contributed by atoms with van der Waals surface area (Å²) in [5.74, 6) is 0. The Balaban J connectivity index is 2.67. The predicted octanol–water partition coefficient (Wildman–Crippen LogP) is 4.33. The van der Waals surface area contributed by atoms with Crippen molar-refractivity contribution in [2.75, 3.05) is 13.1 Å². The van der Waals surface area contributed by atoms with E-state index in [2.05, 4.69) is 26.1 Å². The summed E-state index contributed by atoms with van der Waals surface area (Å²) in [6.45, 7) is 14.2. The lowest BCUT2D eigenvalue weighted by molar-refractivity contribution is 0.00882. The fourth-order valence-electron chi connectivity index (χ4n) is 3.23. The second kappa shape index (κ2) is 8.19. The van der Waals surface area contributed by atoms with Gasteiger partial charge in [0.2, 0.25) is 0 Å². The molecule has 0 saturated carbocycles. The zero-order valence-electron chi connectivity index (χ0n) is 15.5. The number of ether oxygens (including phenoxy) is 1. The van der Waals surface area contributed by atoms with Crippen molar-refractivity contribution in [1.82, 2.24) is 10.2 Å². The Hall–Kier alpha value is -0.770. The molecule has 1 aliphatic heterocycles. The van der Waals surface area contributed by atoms with Crippen molar-refractivity contribution in [2.24, 2.45) is 0 Å². The van der Waals surface area contributed by atoms with Crippen molar-refractivity contribution in [1.29, 1.82) is 0 Å². The van der Waals surface area contributed by atoms with Crippen LogP contribution in [0.3, 0.4) is 0 Å². The lowest BCUT2D eigenvalue weighted by Crippen LogP contribution is -2.54. The van der Waals surface area contributed by atoms with Gasteiger partial charge in [0.05, 0.1) is 0 Å². The molecule has 1 heterocycles. The summed E-state index contributed by atoms with van der Waals surface area (Å²) in [6, 6.07) is 0.257. The molecule has 4 heteroatoms. The molecule has 1 N–H and O–H groups in total. The van der Waals surface area contributed by atoms with Crippen molar-refractivity contribution >= 4 is 6.09 Å². The van der Waals surface area contributed by atoms with E-state index in [9.17, 15) is 4.79 Å². The second-order valence-electron chi connectivity index (χ2n) is 7.55. The van der Waals surface area contributed by atoms with Crippen LogP contribution in [0.4, 0.5) is 4.79 Å². The molecule has 1 amide bonds. The standard InChI is InChI=1S/C18H36N2O2/c1-7-18(8-2,9-3)19-14-15-12-10-11-13-20(15)16(21)22-17(4,5)6/h15,19H,7-14H2,1-6H3. The number of piperidine rings is 1. The van der Waals surface area contributed by atoms with Crippen molar-refractivity contribution in [2.45, 2.75) is 97.2 Å². The van der Waals surface area contributed by atoms with Crippen LogP contribution in [0.15, 0.2) is 0 Å². The van der Waals surface area contributed by atoms with Crippen LogP contribution < -0.4 is 5.32 Å². The summed E-state index contributed by atoms with van der Waals surface area (Å²) >= 11 is 0. The Labute approximate surface area is 137 Å². The average Bonchev–Trinajstić information content (AvgIpc) is 2.48. The number of rotatable bonds is 6. The van der Waals surface area contributed by atoms with Gasteiger partial charge in [0, 0.05) is 24.7 Å². The molecule has 22 heavy (non-hydrogen) atoms. The fourth-order valence-corrected chi connectivity index (χ4v) is 3.23. The van der Waals surface area contributed by atoms with Gasteiger partial charge >= 0.3 is 6.09 Å². The summed E-state index contributed by atoms with van der Waals surface area (Å²) in [5.41, 5.74) is -0.219. The van der Waals surface area contributed by atoms with Gasteiger partial charge in [0.25, 0.3) is 0 Å². The van der Waals surface area contributed by atoms with Crippen LogP contribution in [0, 0.1) is 0 Å². The Morgan fingerprint density at radius 2 is 1.73 bits per heavy atom. The van der Waals surface area contributed by atoms with Crippen LogP contribution in [0.25, 0.3) is 0 Å². The van der Waals surface area contributed by atoms with E-state index >= 15 is 0 Å². The molecule has 1 saturated heterocycles. The molecule has 130 valence electrons. The van der Waals surface area contributed by atoms with Crippen LogP contribution in [-0.4, -0.2) is 41.3 Å². The normalized spacial score (nSPS) is 20.1. The SMILES string of the molecule is CCC(CC)(CC)NCC1CCCCN1C(=O)OC(C)(C)C. The quantitative estimate of drug-likeness (QED) is 0.793. The molecule has 1 atom stereocenters. The molecule has 1 unspecified atom stereocenters. The molecule has 1 aliphatic rings. The largest absolute Gasteiger partial charge is 0.444 e.